The molecule has 2 amide bonds. The van der Waals surface area contributed by atoms with Gasteiger partial charge in [-0.05, 0) is 6.07 Å². The van der Waals surface area contributed by atoms with Crippen LogP contribution in [0.3, 0.4) is 0 Å². The number of carbonyl (C=O) groups is 2. The lowest BCUT2D eigenvalue weighted by atomic mass is 10.2. The zero-order chi connectivity index (χ0) is 26.1. The number of anilines is 2. The van der Waals surface area contributed by atoms with Gasteiger partial charge in [0.25, 0.3) is 5.91 Å². The fourth-order valence-electron chi connectivity index (χ4n) is 4.31. The third kappa shape index (κ3) is 5.11. The Balaban J connectivity index is 1.26. The molecule has 3 aliphatic heterocycles. The van der Waals surface area contributed by atoms with E-state index >= 15 is 8.78 Å². The van der Waals surface area contributed by atoms with Crippen LogP contribution in [0.25, 0.3) is 0 Å². The van der Waals surface area contributed by atoms with Gasteiger partial charge in [-0.3, -0.25) is 24.8 Å². The molecule has 13 nitrogen and oxygen atoms in total. The first-order chi connectivity index (χ1) is 17.8. The summed E-state index contributed by atoms with van der Waals surface area (Å²) in [6, 6.07) is 4.82. The SMILES string of the molecule is O=C(c1ccc([N+](=O)[O-])s1)N1CCN(c2c(F)cc(N3CC(CN4C=CN[NH2+]4)OC3=O)cc2F)CCN1. The molecule has 3 aliphatic rings. The highest BCUT2D eigenvalue weighted by atomic mass is 32.1. The van der Waals surface area contributed by atoms with Crippen molar-refractivity contribution in [3.05, 3.63) is 63.3 Å². The van der Waals surface area contributed by atoms with Crippen LogP contribution in [0, 0.1) is 21.7 Å². The van der Waals surface area contributed by atoms with Crippen molar-refractivity contribution in [3.8, 4) is 0 Å². The van der Waals surface area contributed by atoms with E-state index < -0.39 is 34.7 Å². The normalized spacial score (nSPS) is 19.7. The highest BCUT2D eigenvalue weighted by Crippen LogP contribution is 2.31. The van der Waals surface area contributed by atoms with E-state index in [0.29, 0.717) is 6.54 Å². The molecule has 0 saturated carbocycles. The maximum Gasteiger partial charge on any atom is 0.414 e. The van der Waals surface area contributed by atoms with Crippen molar-refractivity contribution in [3.63, 3.8) is 0 Å². The maximum absolute atomic E-state index is 15.2. The van der Waals surface area contributed by atoms with Crippen molar-refractivity contribution in [2.45, 2.75) is 6.10 Å². The van der Waals surface area contributed by atoms with Gasteiger partial charge in [0, 0.05) is 37.8 Å². The minimum absolute atomic E-state index is 0.0503. The molecule has 4 heterocycles. The summed E-state index contributed by atoms with van der Waals surface area (Å²) in [4.78, 5) is 38.3. The molecule has 1 aromatic carbocycles. The Morgan fingerprint density at radius 2 is 2.03 bits per heavy atom. The number of carbonyl (C=O) groups excluding carboxylic acids is 2. The van der Waals surface area contributed by atoms with Crippen LogP contribution in [0.4, 0.5) is 30.0 Å². The Kier molecular flexibility index (Phi) is 6.77. The van der Waals surface area contributed by atoms with Gasteiger partial charge in [0.05, 0.1) is 36.1 Å². The van der Waals surface area contributed by atoms with Crippen LogP contribution in [-0.4, -0.2) is 72.3 Å². The van der Waals surface area contributed by atoms with E-state index in [-0.39, 0.29) is 54.0 Å². The van der Waals surface area contributed by atoms with E-state index in [0.717, 1.165) is 23.5 Å². The second-order valence-corrected chi connectivity index (χ2v) is 9.49. The first-order valence-corrected chi connectivity index (χ1v) is 12.2. The zero-order valence-corrected chi connectivity index (χ0v) is 20.1. The molecule has 2 fully saturated rings. The predicted molar refractivity (Wildman–Crippen MR) is 127 cm³/mol. The quantitative estimate of drug-likeness (QED) is 0.273. The lowest BCUT2D eigenvalue weighted by molar-refractivity contribution is -0.822. The smallest absolute Gasteiger partial charge is 0.414 e. The van der Waals surface area contributed by atoms with Crippen LogP contribution in [0.1, 0.15) is 9.67 Å². The number of hydrazine groups is 1. The average molecular weight is 538 g/mol. The first-order valence-electron chi connectivity index (χ1n) is 11.3. The number of hydrogen-bond donors (Lipinski definition) is 3. The third-order valence-electron chi connectivity index (χ3n) is 6.03. The molecule has 196 valence electrons. The van der Waals surface area contributed by atoms with Crippen LogP contribution in [0.5, 0.6) is 0 Å². The molecule has 0 aliphatic carbocycles. The fourth-order valence-corrected chi connectivity index (χ4v) is 5.08. The number of thiophene rings is 1. The monoisotopic (exact) mass is 537 g/mol. The molecule has 2 aromatic rings. The molecule has 0 radical (unpaired) electrons. The Hall–Kier alpha value is -4.02. The van der Waals surface area contributed by atoms with Crippen molar-refractivity contribution in [1.29, 1.82) is 0 Å². The van der Waals surface area contributed by atoms with Gasteiger partial charge in [-0.2, -0.15) is 0 Å². The van der Waals surface area contributed by atoms with Crippen LogP contribution in [0.2, 0.25) is 0 Å². The molecule has 0 spiro atoms. The highest BCUT2D eigenvalue weighted by molar-refractivity contribution is 7.17. The number of nitro groups is 1. The van der Waals surface area contributed by atoms with Gasteiger partial charge in [0.15, 0.2) is 11.6 Å². The molecule has 16 heteroatoms. The lowest BCUT2D eigenvalue weighted by Gasteiger charge is -2.25. The van der Waals surface area contributed by atoms with Gasteiger partial charge in [0.1, 0.15) is 23.2 Å². The Morgan fingerprint density at radius 1 is 1.24 bits per heavy atom. The molecule has 0 bridgehead atoms. The number of halogens is 2. The van der Waals surface area contributed by atoms with Crippen molar-refractivity contribution < 1.29 is 33.6 Å². The van der Waals surface area contributed by atoms with E-state index in [1.807, 2.05) is 0 Å². The minimum atomic E-state index is -0.847. The standard InChI is InChI=1S/C21H22F2N8O5S/c22-15-9-13(29-12-14(36-21(29)33)11-28-6-3-24-26-28)10-16(23)19(15)27-5-4-25-30(8-7-27)20(32)17-1-2-18(37-17)31(34)35/h1-3,6,9-10,14,24-26H,4-5,7-8,11-12H2/p+1. The molecule has 1 unspecified atom stereocenters. The largest absolute Gasteiger partial charge is 0.442 e. The number of cyclic esters (lactones) is 1. The van der Waals surface area contributed by atoms with Gasteiger partial charge < -0.3 is 9.64 Å². The molecule has 2 saturated heterocycles. The number of benzene rings is 1. The van der Waals surface area contributed by atoms with Crippen molar-refractivity contribution in [2.75, 3.05) is 49.1 Å². The van der Waals surface area contributed by atoms with Gasteiger partial charge in [-0.15, -0.1) is 5.53 Å². The second-order valence-electron chi connectivity index (χ2n) is 8.43. The summed E-state index contributed by atoms with van der Waals surface area (Å²) in [5, 5.41) is 13.8. The number of nitrogens with one attached hydrogen (secondary N) is 2. The summed E-state index contributed by atoms with van der Waals surface area (Å²) < 4.78 is 35.7. The molecule has 1 aromatic heterocycles. The van der Waals surface area contributed by atoms with Gasteiger partial charge >= 0.3 is 11.1 Å². The van der Waals surface area contributed by atoms with Gasteiger partial charge in [0.2, 0.25) is 0 Å². The Labute approximate surface area is 212 Å². The minimum Gasteiger partial charge on any atom is -0.442 e. The van der Waals surface area contributed by atoms with E-state index in [1.165, 1.54) is 26.9 Å². The number of rotatable bonds is 6. The summed E-state index contributed by atoms with van der Waals surface area (Å²) in [5.74, 6) is -2.16. The van der Waals surface area contributed by atoms with E-state index in [4.69, 9.17) is 4.74 Å². The third-order valence-corrected chi connectivity index (χ3v) is 7.05. The number of quaternary nitrogens is 1. The first kappa shape index (κ1) is 24.7. The summed E-state index contributed by atoms with van der Waals surface area (Å²) in [6.45, 7) is 1.13. The molecular weight excluding hydrogens is 514 g/mol. The topological polar surface area (TPSA) is 140 Å². The predicted octanol–water partition coefficient (Wildman–Crippen LogP) is 0.496. The molecule has 1 atom stereocenters. The van der Waals surface area contributed by atoms with Crippen molar-refractivity contribution in [2.24, 2.45) is 0 Å². The van der Waals surface area contributed by atoms with Crippen molar-refractivity contribution in [1.82, 2.24) is 20.9 Å². The number of amides is 2. The Bertz CT molecular complexity index is 1240. The molecule has 37 heavy (non-hydrogen) atoms. The number of nitrogens with two attached hydrogens (primary N) is 1. The summed E-state index contributed by atoms with van der Waals surface area (Å²) in [5.41, 5.74) is 7.29. The summed E-state index contributed by atoms with van der Waals surface area (Å²) >= 11 is 0.757. The molecule has 4 N–H and O–H groups in total. The van der Waals surface area contributed by atoms with E-state index in [1.54, 1.807) is 22.9 Å². The van der Waals surface area contributed by atoms with Crippen LogP contribution >= 0.6 is 11.3 Å². The lowest BCUT2D eigenvalue weighted by Crippen LogP contribution is -2.97. The van der Waals surface area contributed by atoms with E-state index in [2.05, 4.69) is 10.9 Å². The fraction of sp³-hybridized carbons (Fsp3) is 0.333. The van der Waals surface area contributed by atoms with Crippen LogP contribution < -0.4 is 26.2 Å². The van der Waals surface area contributed by atoms with Crippen LogP contribution in [0.15, 0.2) is 36.7 Å². The second kappa shape index (κ2) is 10.2. The summed E-state index contributed by atoms with van der Waals surface area (Å²) in [6.07, 6.45) is 2.33. The van der Waals surface area contributed by atoms with Gasteiger partial charge in [-0.1, -0.05) is 11.3 Å². The van der Waals surface area contributed by atoms with E-state index in [9.17, 15) is 19.7 Å². The number of hydrogen-bond acceptors (Lipinski definition) is 10. The highest BCUT2D eigenvalue weighted by Gasteiger charge is 2.35. The molecular formula is C21H23F2N8O5S+. The molecule has 5 rings (SSSR count). The average Bonchev–Trinajstić information content (AvgIpc) is 3.58. The number of ether oxygens (including phenoxy) is 1. The zero-order valence-electron chi connectivity index (χ0n) is 19.3. The van der Waals surface area contributed by atoms with Crippen molar-refractivity contribution >= 4 is 39.7 Å². The maximum atomic E-state index is 15.2. The summed E-state index contributed by atoms with van der Waals surface area (Å²) in [7, 11) is 0. The Morgan fingerprint density at radius 3 is 2.70 bits per heavy atom. The van der Waals surface area contributed by atoms with Crippen LogP contribution in [-0.2, 0) is 4.74 Å². The van der Waals surface area contributed by atoms with Gasteiger partial charge in [-0.25, -0.2) is 29.4 Å². The number of nitrogens with zero attached hydrogens (tertiary/aromatic N) is 5.